The van der Waals surface area contributed by atoms with Gasteiger partial charge in [0.15, 0.2) is 5.69 Å². The van der Waals surface area contributed by atoms with Gasteiger partial charge in [0.05, 0.1) is 12.6 Å². The van der Waals surface area contributed by atoms with Crippen molar-refractivity contribution in [3.63, 3.8) is 0 Å². The second-order valence-corrected chi connectivity index (χ2v) is 6.08. The van der Waals surface area contributed by atoms with Crippen LogP contribution in [0.2, 0.25) is 0 Å². The molecule has 2 aromatic carbocycles. The van der Waals surface area contributed by atoms with Crippen molar-refractivity contribution in [2.45, 2.75) is 13.8 Å². The number of nitrogens with zero attached hydrogens (tertiary/aromatic N) is 2. The molecule has 3 rings (SSSR count). The Bertz CT molecular complexity index is 979. The fourth-order valence-electron chi connectivity index (χ4n) is 2.67. The molecule has 0 fully saturated rings. The molecular weight excluding hydrogens is 336 g/mol. The van der Waals surface area contributed by atoms with Gasteiger partial charge < -0.3 is 20.1 Å². The molecule has 3 aromatic rings. The molecule has 0 aliphatic carbocycles. The first-order valence-electron chi connectivity index (χ1n) is 7.66. The molecule has 0 saturated carbocycles. The van der Waals surface area contributed by atoms with Crippen LogP contribution < -0.4 is 10.1 Å². The number of H-pyrrole nitrogens is 1. The predicted octanol–water partition coefficient (Wildman–Crippen LogP) is 4.98. The average Bonchev–Trinajstić information content (AvgIpc) is 2.89. The molecule has 7 heteroatoms. The maximum atomic E-state index is 10.1. The molecule has 0 radical (unpaired) electrons. The molecule has 0 spiro atoms. The van der Waals surface area contributed by atoms with Gasteiger partial charge in [0, 0.05) is 17.1 Å². The van der Waals surface area contributed by atoms with E-state index in [1.165, 1.54) is 0 Å². The molecule has 3 N–H and O–H groups in total. The van der Waals surface area contributed by atoms with Crippen LogP contribution in [-0.4, -0.2) is 22.3 Å². The number of benzene rings is 2. The molecule has 0 bridgehead atoms. The van der Waals surface area contributed by atoms with Gasteiger partial charge in [-0.05, 0) is 49.8 Å². The SMILES string of the molecule is COc1cccc(NC(=S)N=Nc2c(O)[nH]c3c(C)cc(C)cc23)c1. The number of aromatic nitrogens is 1. The van der Waals surface area contributed by atoms with Crippen LogP contribution in [0.4, 0.5) is 11.4 Å². The van der Waals surface area contributed by atoms with E-state index in [1.807, 2.05) is 44.2 Å². The lowest BCUT2D eigenvalue weighted by atomic mass is 10.1. The van der Waals surface area contributed by atoms with Gasteiger partial charge in [-0.3, -0.25) is 0 Å². The molecule has 0 unspecified atom stereocenters. The van der Waals surface area contributed by atoms with Crippen LogP contribution in [0, 0.1) is 13.8 Å². The average molecular weight is 354 g/mol. The van der Waals surface area contributed by atoms with Crippen molar-refractivity contribution in [1.82, 2.24) is 4.98 Å². The third-order valence-electron chi connectivity index (χ3n) is 3.76. The van der Waals surface area contributed by atoms with Crippen molar-refractivity contribution >= 4 is 39.6 Å². The van der Waals surface area contributed by atoms with Crippen LogP contribution in [0.25, 0.3) is 10.9 Å². The Balaban J connectivity index is 1.85. The summed E-state index contributed by atoms with van der Waals surface area (Å²) in [6.07, 6.45) is 0. The van der Waals surface area contributed by atoms with Crippen molar-refractivity contribution in [2.75, 3.05) is 12.4 Å². The number of nitrogens with one attached hydrogen (secondary N) is 2. The first-order valence-corrected chi connectivity index (χ1v) is 8.07. The zero-order valence-electron chi connectivity index (χ0n) is 14.1. The highest BCUT2D eigenvalue weighted by Crippen LogP contribution is 2.37. The standard InChI is InChI=1S/C18H18N4O2S/c1-10-7-11(2)15-14(8-10)16(17(23)20-15)21-22-18(25)19-12-5-4-6-13(9-12)24-3/h4-9,20,23H,1-3H3,(H,19,25). The number of aromatic hydroxyl groups is 1. The second-order valence-electron chi connectivity index (χ2n) is 5.69. The van der Waals surface area contributed by atoms with Crippen molar-refractivity contribution in [3.05, 3.63) is 47.5 Å². The van der Waals surface area contributed by atoms with E-state index in [4.69, 9.17) is 17.0 Å². The largest absolute Gasteiger partial charge is 0.497 e. The highest BCUT2D eigenvalue weighted by Gasteiger charge is 2.13. The maximum absolute atomic E-state index is 10.1. The van der Waals surface area contributed by atoms with Crippen molar-refractivity contribution in [2.24, 2.45) is 10.2 Å². The summed E-state index contributed by atoms with van der Waals surface area (Å²) in [7, 11) is 1.60. The minimum atomic E-state index is -0.0309. The van der Waals surface area contributed by atoms with Crippen LogP contribution in [0.1, 0.15) is 11.1 Å². The number of ether oxygens (including phenoxy) is 1. The van der Waals surface area contributed by atoms with Crippen LogP contribution in [-0.2, 0) is 0 Å². The number of aryl methyl sites for hydroxylation is 2. The molecular formula is C18H18N4O2S. The van der Waals surface area contributed by atoms with Gasteiger partial charge in [-0.1, -0.05) is 17.7 Å². The van der Waals surface area contributed by atoms with Gasteiger partial charge in [0.25, 0.3) is 0 Å². The Kier molecular flexibility index (Phi) is 4.67. The number of hydrogen-bond donors (Lipinski definition) is 3. The predicted molar refractivity (Wildman–Crippen MR) is 103 cm³/mol. The van der Waals surface area contributed by atoms with Crippen LogP contribution in [0.5, 0.6) is 11.6 Å². The van der Waals surface area contributed by atoms with E-state index in [2.05, 4.69) is 20.5 Å². The first kappa shape index (κ1) is 16.9. The van der Waals surface area contributed by atoms with Gasteiger partial charge in [-0.2, -0.15) is 0 Å². The zero-order valence-corrected chi connectivity index (χ0v) is 14.9. The van der Waals surface area contributed by atoms with E-state index in [0.717, 1.165) is 27.7 Å². The molecule has 0 atom stereocenters. The molecule has 6 nitrogen and oxygen atoms in total. The van der Waals surface area contributed by atoms with E-state index in [-0.39, 0.29) is 11.0 Å². The minimum Gasteiger partial charge on any atom is -0.497 e. The molecule has 1 heterocycles. The van der Waals surface area contributed by atoms with Gasteiger partial charge in [0.1, 0.15) is 5.75 Å². The van der Waals surface area contributed by atoms with Crippen LogP contribution in [0.15, 0.2) is 46.6 Å². The van der Waals surface area contributed by atoms with Gasteiger partial charge in [0.2, 0.25) is 11.0 Å². The molecule has 128 valence electrons. The fourth-order valence-corrected chi connectivity index (χ4v) is 2.83. The monoisotopic (exact) mass is 354 g/mol. The van der Waals surface area contributed by atoms with Crippen molar-refractivity contribution < 1.29 is 9.84 Å². The lowest BCUT2D eigenvalue weighted by molar-refractivity contribution is 0.415. The molecule has 0 saturated heterocycles. The molecule has 0 aliphatic rings. The van der Waals surface area contributed by atoms with E-state index >= 15 is 0 Å². The van der Waals surface area contributed by atoms with Crippen molar-refractivity contribution in [1.29, 1.82) is 0 Å². The Morgan fingerprint density at radius 3 is 2.80 bits per heavy atom. The maximum Gasteiger partial charge on any atom is 0.218 e. The van der Waals surface area contributed by atoms with E-state index in [9.17, 15) is 5.11 Å². The number of fused-ring (bicyclic) bond motifs is 1. The summed E-state index contributed by atoms with van der Waals surface area (Å²) in [5, 5.41) is 22.2. The lowest BCUT2D eigenvalue weighted by Gasteiger charge is -2.05. The summed E-state index contributed by atoms with van der Waals surface area (Å²) in [5.41, 5.74) is 4.07. The molecule has 0 aliphatic heterocycles. The number of methoxy groups -OCH3 is 1. The molecule has 25 heavy (non-hydrogen) atoms. The topological polar surface area (TPSA) is 82.0 Å². The third-order valence-corrected chi connectivity index (χ3v) is 3.95. The van der Waals surface area contributed by atoms with E-state index in [0.29, 0.717) is 11.4 Å². The number of rotatable bonds is 3. The van der Waals surface area contributed by atoms with Gasteiger partial charge in [-0.15, -0.1) is 10.2 Å². The normalized spacial score (nSPS) is 11.2. The summed E-state index contributed by atoms with van der Waals surface area (Å²) in [6.45, 7) is 3.97. The van der Waals surface area contributed by atoms with Gasteiger partial charge >= 0.3 is 0 Å². The van der Waals surface area contributed by atoms with Crippen molar-refractivity contribution in [3.8, 4) is 11.6 Å². The summed E-state index contributed by atoms with van der Waals surface area (Å²) in [6, 6.07) is 11.3. The van der Waals surface area contributed by atoms with E-state index < -0.39 is 0 Å². The number of aromatic amines is 1. The number of anilines is 1. The summed E-state index contributed by atoms with van der Waals surface area (Å²) in [4.78, 5) is 2.93. The van der Waals surface area contributed by atoms with E-state index in [1.54, 1.807) is 13.2 Å². The molecule has 0 amide bonds. The summed E-state index contributed by atoms with van der Waals surface area (Å²) in [5.74, 6) is 0.682. The Labute approximate surface area is 150 Å². The van der Waals surface area contributed by atoms with Crippen LogP contribution >= 0.6 is 12.2 Å². The number of thiocarbonyl (C=S) groups is 1. The Hall–Kier alpha value is -2.93. The highest BCUT2D eigenvalue weighted by atomic mass is 32.1. The smallest absolute Gasteiger partial charge is 0.218 e. The summed E-state index contributed by atoms with van der Waals surface area (Å²) < 4.78 is 5.17. The first-order chi connectivity index (χ1) is 12.0. The summed E-state index contributed by atoms with van der Waals surface area (Å²) >= 11 is 5.20. The van der Waals surface area contributed by atoms with Crippen LogP contribution in [0.3, 0.4) is 0 Å². The third kappa shape index (κ3) is 3.61. The zero-order chi connectivity index (χ0) is 18.0. The lowest BCUT2D eigenvalue weighted by Crippen LogP contribution is -2.04. The molecule has 1 aromatic heterocycles. The minimum absolute atomic E-state index is 0.0309. The Morgan fingerprint density at radius 2 is 2.04 bits per heavy atom. The van der Waals surface area contributed by atoms with Gasteiger partial charge in [-0.25, -0.2) is 0 Å². The fraction of sp³-hybridized carbons (Fsp3) is 0.167. The number of hydrogen-bond acceptors (Lipinski definition) is 4. The highest BCUT2D eigenvalue weighted by molar-refractivity contribution is 7.80. The quantitative estimate of drug-likeness (QED) is 0.458. The number of azo groups is 1. The Morgan fingerprint density at radius 1 is 1.24 bits per heavy atom. The second kappa shape index (κ2) is 6.90.